The summed E-state index contributed by atoms with van der Waals surface area (Å²) >= 11 is 0. The van der Waals surface area contributed by atoms with Crippen molar-refractivity contribution in [3.8, 4) is 0 Å². The van der Waals surface area contributed by atoms with Gasteiger partial charge in [-0.25, -0.2) is 0 Å². The van der Waals surface area contributed by atoms with Crippen LogP contribution in [0.3, 0.4) is 0 Å². The van der Waals surface area contributed by atoms with Gasteiger partial charge in [0.1, 0.15) is 0 Å². The van der Waals surface area contributed by atoms with Crippen molar-refractivity contribution in [1.29, 1.82) is 0 Å². The summed E-state index contributed by atoms with van der Waals surface area (Å²) in [4.78, 5) is 0. The maximum Gasteiger partial charge on any atom is 1.00 e. The zero-order valence-electron chi connectivity index (χ0n) is 4.61. The van der Waals surface area contributed by atoms with Gasteiger partial charge in [-0.2, -0.15) is 13.5 Å². The Morgan fingerprint density at radius 1 is 0.444 bits per heavy atom. The predicted molar refractivity (Wildman–Crippen MR) is 11.5 cm³/mol. The molecule has 0 aliphatic carbocycles. The average Bonchev–Trinajstić information content (AvgIpc) is 0. The van der Waals surface area contributed by atoms with Gasteiger partial charge in [0, 0.05) is 119 Å². The summed E-state index contributed by atoms with van der Waals surface area (Å²) in [6, 6.07) is 0. The van der Waals surface area contributed by atoms with Crippen LogP contribution in [0.2, 0.25) is 0 Å². The van der Waals surface area contributed by atoms with E-state index in [0.717, 1.165) is 0 Å². The molecule has 0 spiro atoms. The molecule has 0 aromatic rings. The zero-order chi connectivity index (χ0) is 0. The fraction of sp³-hybridized carbons (Fsp3) is 0. The third-order valence-corrected chi connectivity index (χ3v) is 0. The molecule has 0 unspecified atom stereocenters. The fourth-order valence-corrected chi connectivity index (χ4v) is 0. The van der Waals surface area contributed by atoms with Crippen LogP contribution in [0, 0.1) is 0 Å². The van der Waals surface area contributed by atoms with E-state index in [2.05, 4.69) is 0 Å². The summed E-state index contributed by atoms with van der Waals surface area (Å²) in [7, 11) is 0. The zero-order valence-corrected chi connectivity index (χ0v) is 14.3. The van der Waals surface area contributed by atoms with Crippen molar-refractivity contribution in [3.05, 3.63) is 0 Å². The molecular formula is H3Cu7KS. The van der Waals surface area contributed by atoms with Gasteiger partial charge in [-0.1, -0.05) is 0 Å². The van der Waals surface area contributed by atoms with Gasteiger partial charge in [-0.05, 0) is 0 Å². The first-order valence-electron chi connectivity index (χ1n) is 0. The van der Waals surface area contributed by atoms with Crippen LogP contribution in [0.25, 0.3) is 0 Å². The van der Waals surface area contributed by atoms with E-state index in [1.54, 1.807) is 0 Å². The molecule has 7 radical (unpaired) electrons. The van der Waals surface area contributed by atoms with Crippen molar-refractivity contribution in [2.75, 3.05) is 0 Å². The monoisotopic (exact) mass is 514 g/mol. The fourth-order valence-electron chi connectivity index (χ4n) is 0. The van der Waals surface area contributed by atoms with Gasteiger partial charge in [-0.15, -0.1) is 0 Å². The molecule has 0 saturated heterocycles. The van der Waals surface area contributed by atoms with Crippen LogP contribution in [0.4, 0.5) is 0 Å². The van der Waals surface area contributed by atoms with Crippen molar-refractivity contribution in [3.63, 3.8) is 0 Å². The summed E-state index contributed by atoms with van der Waals surface area (Å²) in [6.45, 7) is 0. The van der Waals surface area contributed by atoms with E-state index in [1.807, 2.05) is 0 Å². The summed E-state index contributed by atoms with van der Waals surface area (Å²) in [6.07, 6.45) is 0. The van der Waals surface area contributed by atoms with Crippen LogP contribution in [0.1, 0.15) is 1.43 Å². The Morgan fingerprint density at radius 3 is 0.444 bits per heavy atom. The first-order chi connectivity index (χ1) is 0. The molecule has 0 aliphatic rings. The van der Waals surface area contributed by atoms with Crippen molar-refractivity contribution in [1.82, 2.24) is 0 Å². The number of hydrogen-bond donors (Lipinski definition) is 0. The largest absolute Gasteiger partial charge is 1.00 e. The molecule has 0 aliphatic heterocycles. The molecular weight excluding hydrogens is 516 g/mol. The molecule has 0 bridgehead atoms. The third kappa shape index (κ3) is 58.2. The summed E-state index contributed by atoms with van der Waals surface area (Å²) in [5.74, 6) is 0. The third-order valence-electron chi connectivity index (χ3n) is 0. The molecule has 0 aromatic carbocycles. The molecule has 0 fully saturated rings. The number of rotatable bonds is 0. The second-order valence-electron chi connectivity index (χ2n) is 0. The molecule has 0 amide bonds. The average molecular weight is 519 g/mol. The van der Waals surface area contributed by atoms with Crippen molar-refractivity contribution in [2.24, 2.45) is 0 Å². The van der Waals surface area contributed by atoms with E-state index in [9.17, 15) is 0 Å². The summed E-state index contributed by atoms with van der Waals surface area (Å²) in [5.41, 5.74) is 0. The van der Waals surface area contributed by atoms with Crippen LogP contribution in [0.5, 0.6) is 0 Å². The molecule has 0 heterocycles. The SMILES string of the molecule is S.[Cu].[Cu].[Cu].[Cu].[Cu].[Cu].[Cu].[H-].[K+]. The maximum absolute atomic E-state index is 0. The molecule has 87 valence electrons. The Morgan fingerprint density at radius 2 is 0.444 bits per heavy atom. The van der Waals surface area contributed by atoms with Crippen molar-refractivity contribution < 1.29 is 172 Å². The van der Waals surface area contributed by atoms with Crippen molar-refractivity contribution in [2.45, 2.75) is 0 Å². The van der Waals surface area contributed by atoms with Gasteiger partial charge in [0.05, 0.1) is 0 Å². The van der Waals surface area contributed by atoms with E-state index in [4.69, 9.17) is 0 Å². The van der Waals surface area contributed by atoms with Gasteiger partial charge in [-0.3, -0.25) is 0 Å². The first kappa shape index (κ1) is 85.8. The Labute approximate surface area is 181 Å². The molecule has 0 aromatic heterocycles. The maximum atomic E-state index is 0. The van der Waals surface area contributed by atoms with Crippen LogP contribution in [-0.2, 0) is 119 Å². The molecule has 0 rings (SSSR count). The topological polar surface area (TPSA) is 0 Å². The second kappa shape index (κ2) is 68.7. The van der Waals surface area contributed by atoms with Gasteiger partial charge in [0.25, 0.3) is 0 Å². The van der Waals surface area contributed by atoms with Crippen molar-refractivity contribution >= 4 is 13.5 Å². The normalized spacial score (nSPS) is 0. The Hall–Kier alpha value is 5.62. The van der Waals surface area contributed by atoms with Gasteiger partial charge in [0.15, 0.2) is 0 Å². The summed E-state index contributed by atoms with van der Waals surface area (Å²) < 4.78 is 0. The smallest absolute Gasteiger partial charge is 1.00 e. The van der Waals surface area contributed by atoms with Crippen LogP contribution >= 0.6 is 13.5 Å². The first-order valence-corrected chi connectivity index (χ1v) is 0. The molecule has 0 N–H and O–H groups in total. The molecule has 9 heteroatoms. The van der Waals surface area contributed by atoms with Gasteiger partial charge >= 0.3 is 51.4 Å². The van der Waals surface area contributed by atoms with Crippen LogP contribution < -0.4 is 51.4 Å². The standard InChI is InChI=1S/7Cu.K.H2S.H/h;;;;;;;;1H2;/q;;;;;;;+1;;-1. The minimum atomic E-state index is 0. The van der Waals surface area contributed by atoms with Crippen LogP contribution in [-0.4, -0.2) is 0 Å². The molecule has 9 heavy (non-hydrogen) atoms. The minimum Gasteiger partial charge on any atom is -1.00 e. The second-order valence-corrected chi connectivity index (χ2v) is 0. The van der Waals surface area contributed by atoms with E-state index in [0.29, 0.717) is 0 Å². The molecule has 0 nitrogen and oxygen atoms in total. The van der Waals surface area contributed by atoms with Gasteiger partial charge in [0.2, 0.25) is 0 Å². The predicted octanol–water partition coefficient (Wildman–Crippen LogP) is -2.79. The Kier molecular flexibility index (Phi) is 655. The van der Waals surface area contributed by atoms with E-state index >= 15 is 0 Å². The van der Waals surface area contributed by atoms with E-state index < -0.39 is 0 Å². The molecule has 0 atom stereocenters. The Balaban J connectivity index is 0. The van der Waals surface area contributed by atoms with E-state index in [-0.39, 0.29) is 186 Å². The summed E-state index contributed by atoms with van der Waals surface area (Å²) in [5, 5.41) is 0. The Bertz CT molecular complexity index is 13.6. The number of hydrogen-bond acceptors (Lipinski definition) is 0. The van der Waals surface area contributed by atoms with Crippen LogP contribution in [0.15, 0.2) is 0 Å². The van der Waals surface area contributed by atoms with E-state index in [1.165, 1.54) is 0 Å². The van der Waals surface area contributed by atoms with Gasteiger partial charge < -0.3 is 1.43 Å². The quantitative estimate of drug-likeness (QED) is 0.304. The minimum absolute atomic E-state index is 0. The molecule has 0 saturated carbocycles.